The zero-order valence-electron chi connectivity index (χ0n) is 14.4. The molecule has 1 aliphatic heterocycles. The number of hydrogen-bond donors (Lipinski definition) is 1. The van der Waals surface area contributed by atoms with Crippen LogP contribution in [0.25, 0.3) is 0 Å². The molecule has 0 aromatic heterocycles. The van der Waals surface area contributed by atoms with Crippen molar-refractivity contribution < 1.29 is 12.8 Å². The van der Waals surface area contributed by atoms with Gasteiger partial charge in [-0.15, -0.1) is 0 Å². The van der Waals surface area contributed by atoms with E-state index in [1.807, 2.05) is 24.3 Å². The largest absolute Gasteiger partial charge is 0.299 e. The molecule has 0 aliphatic carbocycles. The van der Waals surface area contributed by atoms with Crippen LogP contribution in [0.3, 0.4) is 0 Å². The first kappa shape index (κ1) is 19.3. The van der Waals surface area contributed by atoms with Crippen LogP contribution in [0.15, 0.2) is 48.5 Å². The van der Waals surface area contributed by atoms with Crippen LogP contribution in [0.2, 0.25) is 5.02 Å². The highest BCUT2D eigenvalue weighted by Crippen LogP contribution is 2.17. The topological polar surface area (TPSA) is 49.4 Å². The van der Waals surface area contributed by atoms with Gasteiger partial charge in [0.2, 0.25) is 10.0 Å². The molecule has 26 heavy (non-hydrogen) atoms. The molecule has 1 heterocycles. The first-order chi connectivity index (χ1) is 12.4. The molecule has 1 saturated heterocycles. The molecule has 4 nitrogen and oxygen atoms in total. The van der Waals surface area contributed by atoms with Crippen LogP contribution in [0.4, 0.5) is 4.39 Å². The molecule has 0 bridgehead atoms. The van der Waals surface area contributed by atoms with Crippen LogP contribution in [0.1, 0.15) is 24.0 Å². The van der Waals surface area contributed by atoms with Crippen LogP contribution in [0, 0.1) is 5.82 Å². The van der Waals surface area contributed by atoms with E-state index in [9.17, 15) is 12.8 Å². The zero-order chi connectivity index (χ0) is 18.6. The lowest BCUT2D eigenvalue weighted by Crippen LogP contribution is -2.44. The van der Waals surface area contributed by atoms with Gasteiger partial charge in [-0.05, 0) is 48.2 Å². The van der Waals surface area contributed by atoms with Gasteiger partial charge in [0.05, 0.1) is 5.75 Å². The summed E-state index contributed by atoms with van der Waals surface area (Å²) in [6.45, 7) is 2.52. The Balaban J connectivity index is 1.48. The minimum Gasteiger partial charge on any atom is -0.299 e. The highest BCUT2D eigenvalue weighted by atomic mass is 35.5. The second-order valence-corrected chi connectivity index (χ2v) is 8.87. The lowest BCUT2D eigenvalue weighted by molar-refractivity contribution is 0.200. The minimum atomic E-state index is -3.43. The average molecular weight is 397 g/mol. The van der Waals surface area contributed by atoms with Crippen molar-refractivity contribution in [2.24, 2.45) is 0 Å². The normalized spacial score (nSPS) is 16.7. The summed E-state index contributed by atoms with van der Waals surface area (Å²) < 4.78 is 40.4. The van der Waals surface area contributed by atoms with E-state index in [4.69, 9.17) is 11.6 Å². The summed E-state index contributed by atoms with van der Waals surface area (Å²) in [4.78, 5) is 2.31. The van der Waals surface area contributed by atoms with Crippen molar-refractivity contribution in [3.8, 4) is 0 Å². The van der Waals surface area contributed by atoms with Gasteiger partial charge in [0, 0.05) is 30.7 Å². The molecule has 1 N–H and O–H groups in total. The number of sulfonamides is 1. The Morgan fingerprint density at radius 3 is 2.19 bits per heavy atom. The van der Waals surface area contributed by atoms with E-state index in [1.165, 1.54) is 29.8 Å². The fourth-order valence-electron chi connectivity index (χ4n) is 3.15. The van der Waals surface area contributed by atoms with Gasteiger partial charge in [0.1, 0.15) is 5.82 Å². The summed E-state index contributed by atoms with van der Waals surface area (Å²) in [6.07, 6.45) is 1.55. The number of nitrogens with zero attached hydrogens (tertiary/aromatic N) is 1. The van der Waals surface area contributed by atoms with E-state index in [-0.39, 0.29) is 17.6 Å². The molecule has 7 heteroatoms. The second-order valence-electron chi connectivity index (χ2n) is 6.68. The van der Waals surface area contributed by atoms with Crippen molar-refractivity contribution in [1.29, 1.82) is 0 Å². The van der Waals surface area contributed by atoms with Gasteiger partial charge in [0.15, 0.2) is 0 Å². The lowest BCUT2D eigenvalue weighted by atomic mass is 10.1. The Labute approximate surface area is 159 Å². The number of nitrogens with one attached hydrogen (secondary N) is 1. The maximum absolute atomic E-state index is 12.9. The SMILES string of the molecule is O=S(=O)(Cc1ccc(F)cc1)NC1CCN(Cc2ccc(Cl)cc2)CC1. The number of halogens is 2. The molecule has 0 amide bonds. The summed E-state index contributed by atoms with van der Waals surface area (Å²) in [7, 11) is -3.43. The van der Waals surface area contributed by atoms with Crippen LogP contribution in [0.5, 0.6) is 0 Å². The Morgan fingerprint density at radius 1 is 1.00 bits per heavy atom. The highest BCUT2D eigenvalue weighted by Gasteiger charge is 2.23. The number of hydrogen-bond acceptors (Lipinski definition) is 3. The van der Waals surface area contributed by atoms with E-state index in [0.717, 1.165) is 37.5 Å². The Kier molecular flexibility index (Phi) is 6.29. The monoisotopic (exact) mass is 396 g/mol. The molecule has 140 valence electrons. The van der Waals surface area contributed by atoms with Gasteiger partial charge in [-0.25, -0.2) is 17.5 Å². The average Bonchev–Trinajstić information content (AvgIpc) is 2.60. The smallest absolute Gasteiger partial charge is 0.216 e. The Bertz CT molecular complexity index is 818. The number of rotatable bonds is 6. The van der Waals surface area contributed by atoms with Crippen LogP contribution in [-0.2, 0) is 22.3 Å². The molecule has 0 unspecified atom stereocenters. The standard InChI is InChI=1S/C19H22ClFN2O2S/c20-17-5-1-15(2-6-17)13-23-11-9-19(10-12-23)22-26(24,25)14-16-3-7-18(21)8-4-16/h1-8,19,22H,9-14H2. The van der Waals surface area contributed by atoms with E-state index in [1.54, 1.807) is 0 Å². The van der Waals surface area contributed by atoms with Gasteiger partial charge in [-0.1, -0.05) is 35.9 Å². The quantitative estimate of drug-likeness (QED) is 0.812. The molecule has 3 rings (SSSR count). The van der Waals surface area contributed by atoms with Gasteiger partial charge in [0.25, 0.3) is 0 Å². The van der Waals surface area contributed by atoms with Crippen molar-refractivity contribution in [3.63, 3.8) is 0 Å². The molecular formula is C19H22ClFN2O2S. The molecule has 2 aromatic rings. The van der Waals surface area contributed by atoms with E-state index >= 15 is 0 Å². The Morgan fingerprint density at radius 2 is 1.58 bits per heavy atom. The second kappa shape index (κ2) is 8.48. The fourth-order valence-corrected chi connectivity index (χ4v) is 4.74. The fraction of sp³-hybridized carbons (Fsp3) is 0.368. The zero-order valence-corrected chi connectivity index (χ0v) is 15.9. The van der Waals surface area contributed by atoms with Gasteiger partial charge < -0.3 is 0 Å². The van der Waals surface area contributed by atoms with Crippen LogP contribution in [-0.4, -0.2) is 32.4 Å². The maximum atomic E-state index is 12.9. The lowest BCUT2D eigenvalue weighted by Gasteiger charge is -2.32. The van der Waals surface area contributed by atoms with Crippen molar-refractivity contribution in [3.05, 3.63) is 70.5 Å². The molecule has 2 aromatic carbocycles. The molecular weight excluding hydrogens is 375 g/mol. The summed E-state index contributed by atoms with van der Waals surface area (Å²) in [6, 6.07) is 13.3. The van der Waals surface area contributed by atoms with Crippen molar-refractivity contribution in [2.75, 3.05) is 13.1 Å². The summed E-state index contributed by atoms with van der Waals surface area (Å²) in [5.74, 6) is -0.495. The van der Waals surface area contributed by atoms with E-state index in [0.29, 0.717) is 5.56 Å². The summed E-state index contributed by atoms with van der Waals surface area (Å²) >= 11 is 5.90. The predicted octanol–water partition coefficient (Wildman–Crippen LogP) is 3.56. The number of piperidine rings is 1. The molecule has 0 atom stereocenters. The van der Waals surface area contributed by atoms with Gasteiger partial charge in [-0.2, -0.15) is 0 Å². The Hall–Kier alpha value is -1.47. The summed E-state index contributed by atoms with van der Waals surface area (Å²) in [5.41, 5.74) is 1.78. The number of benzene rings is 2. The van der Waals surface area contributed by atoms with E-state index in [2.05, 4.69) is 9.62 Å². The molecule has 0 spiro atoms. The first-order valence-electron chi connectivity index (χ1n) is 8.61. The van der Waals surface area contributed by atoms with Crippen molar-refractivity contribution in [1.82, 2.24) is 9.62 Å². The predicted molar refractivity (Wildman–Crippen MR) is 102 cm³/mol. The summed E-state index contributed by atoms with van der Waals surface area (Å²) in [5, 5.41) is 0.725. The third-order valence-electron chi connectivity index (χ3n) is 4.52. The third-order valence-corrected chi connectivity index (χ3v) is 6.18. The van der Waals surface area contributed by atoms with Crippen LogP contribution < -0.4 is 4.72 Å². The molecule has 0 saturated carbocycles. The maximum Gasteiger partial charge on any atom is 0.216 e. The van der Waals surface area contributed by atoms with Gasteiger partial charge in [-0.3, -0.25) is 4.90 Å². The van der Waals surface area contributed by atoms with Gasteiger partial charge >= 0.3 is 0 Å². The minimum absolute atomic E-state index is 0.0538. The first-order valence-corrected chi connectivity index (χ1v) is 10.6. The van der Waals surface area contributed by atoms with E-state index < -0.39 is 10.0 Å². The van der Waals surface area contributed by atoms with Crippen molar-refractivity contribution in [2.45, 2.75) is 31.2 Å². The molecule has 1 fully saturated rings. The molecule has 0 radical (unpaired) electrons. The number of likely N-dealkylation sites (tertiary alicyclic amines) is 1. The van der Waals surface area contributed by atoms with Crippen molar-refractivity contribution >= 4 is 21.6 Å². The van der Waals surface area contributed by atoms with Crippen LogP contribution >= 0.6 is 11.6 Å². The third kappa shape index (κ3) is 5.77. The highest BCUT2D eigenvalue weighted by molar-refractivity contribution is 7.88. The molecule has 1 aliphatic rings.